The molecule has 0 unspecified atom stereocenters. The summed E-state index contributed by atoms with van der Waals surface area (Å²) in [5, 5.41) is 6.88. The van der Waals surface area contributed by atoms with Gasteiger partial charge in [-0.25, -0.2) is 4.79 Å². The third kappa shape index (κ3) is 3.41. The molecule has 1 aliphatic heterocycles. The molecule has 2 aliphatic rings. The molecule has 0 spiro atoms. The van der Waals surface area contributed by atoms with Gasteiger partial charge in [0.1, 0.15) is 12.1 Å². The lowest BCUT2D eigenvalue weighted by Crippen LogP contribution is -2.47. The Labute approximate surface area is 161 Å². The number of hydrogen-bond acceptors (Lipinski definition) is 6. The summed E-state index contributed by atoms with van der Waals surface area (Å²) in [5.74, 6) is 0.314. The molecule has 9 heteroatoms. The molecule has 0 saturated heterocycles. The highest BCUT2D eigenvalue weighted by Gasteiger charge is 2.27. The fourth-order valence-corrected chi connectivity index (χ4v) is 4.15. The number of carbonyl (C=O) groups excluding carboxylic acids is 1. The van der Waals surface area contributed by atoms with Crippen molar-refractivity contribution < 1.29 is 9.32 Å². The maximum atomic E-state index is 13.2. The Kier molecular flexibility index (Phi) is 5.15. The lowest BCUT2D eigenvalue weighted by Gasteiger charge is -2.22. The van der Waals surface area contributed by atoms with Crippen molar-refractivity contribution in [2.24, 2.45) is 0 Å². The lowest BCUT2D eigenvalue weighted by atomic mass is 10.0. The monoisotopic (exact) mass is 387 g/mol. The first kappa shape index (κ1) is 18.6. The maximum absolute atomic E-state index is 13.2. The zero-order chi connectivity index (χ0) is 19.7. The molecule has 0 aromatic carbocycles. The van der Waals surface area contributed by atoms with Crippen LogP contribution in [0.25, 0.3) is 11.4 Å². The number of nitrogens with zero attached hydrogens (tertiary/aromatic N) is 4. The van der Waals surface area contributed by atoms with Crippen LogP contribution in [0.2, 0.25) is 0 Å². The molecule has 1 fully saturated rings. The van der Waals surface area contributed by atoms with Crippen LogP contribution in [0.4, 0.5) is 0 Å². The fourth-order valence-electron chi connectivity index (χ4n) is 4.15. The quantitative estimate of drug-likeness (QED) is 0.820. The van der Waals surface area contributed by atoms with Crippen molar-refractivity contribution in [3.05, 3.63) is 32.4 Å². The number of rotatable bonds is 5. The molecule has 2 aromatic heterocycles. The number of amides is 1. The van der Waals surface area contributed by atoms with Crippen LogP contribution >= 0.6 is 0 Å². The summed E-state index contributed by atoms with van der Waals surface area (Å²) in [7, 11) is 0. The number of aromatic nitrogens is 4. The largest absolute Gasteiger partial charge is 0.352 e. The van der Waals surface area contributed by atoms with Gasteiger partial charge in [0.15, 0.2) is 0 Å². The van der Waals surface area contributed by atoms with Gasteiger partial charge in [-0.15, -0.1) is 0 Å². The maximum Gasteiger partial charge on any atom is 0.331 e. The highest BCUT2D eigenvalue weighted by Crippen LogP contribution is 2.22. The summed E-state index contributed by atoms with van der Waals surface area (Å²) >= 11 is 0. The minimum Gasteiger partial charge on any atom is -0.352 e. The molecule has 150 valence electrons. The van der Waals surface area contributed by atoms with Crippen LogP contribution in [0.5, 0.6) is 0 Å². The van der Waals surface area contributed by atoms with Gasteiger partial charge in [-0.1, -0.05) is 24.9 Å². The second-order valence-corrected chi connectivity index (χ2v) is 7.52. The molecular weight excluding hydrogens is 362 g/mol. The van der Waals surface area contributed by atoms with Gasteiger partial charge in [0.2, 0.25) is 17.6 Å². The number of fused-ring (bicyclic) bond motifs is 1. The summed E-state index contributed by atoms with van der Waals surface area (Å²) in [6.07, 6.45) is 6.96. The van der Waals surface area contributed by atoms with Crippen LogP contribution in [-0.4, -0.2) is 31.2 Å². The smallest absolute Gasteiger partial charge is 0.331 e. The third-order valence-corrected chi connectivity index (χ3v) is 5.60. The zero-order valence-corrected chi connectivity index (χ0v) is 16.1. The summed E-state index contributed by atoms with van der Waals surface area (Å²) in [6, 6.07) is 0.132. The summed E-state index contributed by atoms with van der Waals surface area (Å²) in [6.45, 7) is 2.11. The third-order valence-electron chi connectivity index (χ3n) is 5.60. The highest BCUT2D eigenvalue weighted by molar-refractivity contribution is 5.76. The van der Waals surface area contributed by atoms with Gasteiger partial charge >= 0.3 is 5.69 Å². The Morgan fingerprint density at radius 1 is 1.21 bits per heavy atom. The zero-order valence-electron chi connectivity index (χ0n) is 16.1. The van der Waals surface area contributed by atoms with E-state index in [1.54, 1.807) is 4.57 Å². The van der Waals surface area contributed by atoms with E-state index in [1.807, 2.05) is 6.92 Å². The van der Waals surface area contributed by atoms with Crippen molar-refractivity contribution in [2.75, 3.05) is 0 Å². The first-order chi connectivity index (χ1) is 13.6. The summed E-state index contributed by atoms with van der Waals surface area (Å²) in [4.78, 5) is 42.9. The Balaban J connectivity index is 1.75. The predicted octanol–water partition coefficient (Wildman–Crippen LogP) is 1.02. The average Bonchev–Trinajstić information content (AvgIpc) is 3.37. The van der Waals surface area contributed by atoms with Crippen molar-refractivity contribution in [1.29, 1.82) is 0 Å². The van der Waals surface area contributed by atoms with E-state index in [0.717, 1.165) is 43.1 Å². The minimum atomic E-state index is -0.525. The number of hydrogen-bond donors (Lipinski definition) is 1. The van der Waals surface area contributed by atoms with Crippen molar-refractivity contribution in [3.63, 3.8) is 0 Å². The van der Waals surface area contributed by atoms with Gasteiger partial charge in [-0.2, -0.15) is 4.98 Å². The Bertz CT molecular complexity index is 997. The van der Waals surface area contributed by atoms with E-state index in [9.17, 15) is 14.4 Å². The number of aryl methyl sites for hydroxylation is 1. The molecule has 3 heterocycles. The second-order valence-electron chi connectivity index (χ2n) is 7.52. The van der Waals surface area contributed by atoms with Gasteiger partial charge < -0.3 is 9.84 Å². The number of carbonyl (C=O) groups is 1. The van der Waals surface area contributed by atoms with Gasteiger partial charge in [-0.3, -0.25) is 18.7 Å². The Morgan fingerprint density at radius 2 is 2.00 bits per heavy atom. The van der Waals surface area contributed by atoms with Crippen LogP contribution in [-0.2, 0) is 30.7 Å². The topological polar surface area (TPSA) is 112 Å². The average molecular weight is 387 g/mol. The second kappa shape index (κ2) is 7.73. The van der Waals surface area contributed by atoms with Gasteiger partial charge in [0, 0.05) is 24.7 Å². The molecule has 0 atom stereocenters. The Hall–Kier alpha value is -2.71. The SMILES string of the molecule is CCc1nc(-c2c3n(c(=O)n(CC(=O)NC4CCCC4)c2=O)CCCC3)no1. The van der Waals surface area contributed by atoms with Crippen molar-refractivity contribution in [2.45, 2.75) is 77.4 Å². The molecule has 1 aliphatic carbocycles. The van der Waals surface area contributed by atoms with Crippen LogP contribution in [0.1, 0.15) is 57.0 Å². The molecule has 1 N–H and O–H groups in total. The molecular formula is C19H25N5O4. The van der Waals surface area contributed by atoms with Crippen molar-refractivity contribution in [1.82, 2.24) is 24.6 Å². The van der Waals surface area contributed by atoms with E-state index >= 15 is 0 Å². The summed E-state index contributed by atoms with van der Waals surface area (Å²) in [5.41, 5.74) is -0.0547. The van der Waals surface area contributed by atoms with E-state index in [2.05, 4.69) is 15.5 Å². The van der Waals surface area contributed by atoms with Gasteiger partial charge in [0.05, 0.1) is 0 Å². The normalized spacial score (nSPS) is 16.9. The number of nitrogens with one attached hydrogen (secondary N) is 1. The predicted molar refractivity (Wildman–Crippen MR) is 101 cm³/mol. The first-order valence-corrected chi connectivity index (χ1v) is 10.1. The molecule has 0 radical (unpaired) electrons. The van der Waals surface area contributed by atoms with Crippen LogP contribution < -0.4 is 16.6 Å². The van der Waals surface area contributed by atoms with E-state index in [0.29, 0.717) is 31.0 Å². The van der Waals surface area contributed by atoms with Crippen molar-refractivity contribution in [3.8, 4) is 11.4 Å². The van der Waals surface area contributed by atoms with E-state index in [-0.39, 0.29) is 29.9 Å². The van der Waals surface area contributed by atoms with Crippen molar-refractivity contribution >= 4 is 5.91 Å². The van der Waals surface area contributed by atoms with Gasteiger partial charge in [-0.05, 0) is 32.1 Å². The summed E-state index contributed by atoms with van der Waals surface area (Å²) < 4.78 is 7.78. The van der Waals surface area contributed by atoms with E-state index in [1.165, 1.54) is 0 Å². The van der Waals surface area contributed by atoms with Crippen LogP contribution in [0, 0.1) is 0 Å². The van der Waals surface area contributed by atoms with E-state index in [4.69, 9.17) is 4.52 Å². The molecule has 28 heavy (non-hydrogen) atoms. The first-order valence-electron chi connectivity index (χ1n) is 10.1. The lowest BCUT2D eigenvalue weighted by molar-refractivity contribution is -0.122. The fraction of sp³-hybridized carbons (Fsp3) is 0.632. The van der Waals surface area contributed by atoms with Crippen LogP contribution in [0.15, 0.2) is 14.1 Å². The molecule has 2 aromatic rings. The molecule has 4 rings (SSSR count). The molecule has 1 saturated carbocycles. The standard InChI is InChI=1S/C19H25N5O4/c1-2-15-21-17(22-28-15)16-13-9-5-6-10-23(13)19(27)24(18(16)26)11-14(25)20-12-7-3-4-8-12/h12H,2-11H2,1H3,(H,20,25). The molecule has 0 bridgehead atoms. The Morgan fingerprint density at radius 3 is 2.71 bits per heavy atom. The highest BCUT2D eigenvalue weighted by atomic mass is 16.5. The minimum absolute atomic E-state index is 0.132. The molecule has 9 nitrogen and oxygen atoms in total. The molecule has 1 amide bonds. The van der Waals surface area contributed by atoms with Crippen LogP contribution in [0.3, 0.4) is 0 Å². The van der Waals surface area contributed by atoms with Gasteiger partial charge in [0.25, 0.3) is 5.56 Å². The van der Waals surface area contributed by atoms with E-state index < -0.39 is 11.2 Å².